The summed E-state index contributed by atoms with van der Waals surface area (Å²) in [6.45, 7) is 5.05. The molecule has 22 heavy (non-hydrogen) atoms. The van der Waals surface area contributed by atoms with Gasteiger partial charge in [-0.2, -0.15) is 0 Å². The van der Waals surface area contributed by atoms with E-state index in [0.717, 1.165) is 31.9 Å². The van der Waals surface area contributed by atoms with Gasteiger partial charge in [0.25, 0.3) is 0 Å². The van der Waals surface area contributed by atoms with Crippen LogP contribution in [-0.4, -0.2) is 41.9 Å². The summed E-state index contributed by atoms with van der Waals surface area (Å²) in [5, 5.41) is 0. The molecule has 5 nitrogen and oxygen atoms in total. The normalized spacial score (nSPS) is 23.5. The minimum Gasteiger partial charge on any atom is -0.368 e. The molecule has 2 unspecified atom stereocenters. The molecule has 1 aliphatic heterocycles. The molecule has 0 bridgehead atoms. The third-order valence-electron chi connectivity index (χ3n) is 4.21. The summed E-state index contributed by atoms with van der Waals surface area (Å²) in [6.07, 6.45) is 4.20. The van der Waals surface area contributed by atoms with Gasteiger partial charge in [0, 0.05) is 25.1 Å². The quantitative estimate of drug-likeness (QED) is 0.839. The largest absolute Gasteiger partial charge is 0.368 e. The summed E-state index contributed by atoms with van der Waals surface area (Å²) in [5.41, 5.74) is 0.606. The third-order valence-corrected chi connectivity index (χ3v) is 6.44. The van der Waals surface area contributed by atoms with Crippen molar-refractivity contribution in [2.24, 2.45) is 5.92 Å². The Balaban J connectivity index is 2.57. The SMILES string of the molecule is CC1CCN(c2ccc(S(C)(=O)=O)cc2S(C)(=O)=O)C(C)C1. The Labute approximate surface area is 133 Å². The van der Waals surface area contributed by atoms with Crippen LogP contribution in [-0.2, 0) is 19.7 Å². The minimum absolute atomic E-state index is 0.0368. The first-order valence-corrected chi connectivity index (χ1v) is 11.1. The summed E-state index contributed by atoms with van der Waals surface area (Å²) >= 11 is 0. The number of hydrogen-bond acceptors (Lipinski definition) is 5. The summed E-state index contributed by atoms with van der Waals surface area (Å²) in [5.74, 6) is 0.614. The van der Waals surface area contributed by atoms with Gasteiger partial charge in [0.15, 0.2) is 19.7 Å². The number of benzene rings is 1. The molecule has 0 amide bonds. The molecule has 1 fully saturated rings. The Morgan fingerprint density at radius 2 is 1.68 bits per heavy atom. The zero-order valence-electron chi connectivity index (χ0n) is 13.4. The maximum Gasteiger partial charge on any atom is 0.177 e. The van der Waals surface area contributed by atoms with Gasteiger partial charge in [0.05, 0.1) is 15.5 Å². The Morgan fingerprint density at radius 3 is 2.18 bits per heavy atom. The van der Waals surface area contributed by atoms with E-state index in [0.29, 0.717) is 11.6 Å². The van der Waals surface area contributed by atoms with Crippen LogP contribution in [0.3, 0.4) is 0 Å². The van der Waals surface area contributed by atoms with E-state index in [1.54, 1.807) is 6.07 Å². The zero-order chi connectivity index (χ0) is 16.7. The lowest BCUT2D eigenvalue weighted by atomic mass is 9.93. The number of piperidine rings is 1. The average Bonchev–Trinajstić information content (AvgIpc) is 2.36. The van der Waals surface area contributed by atoms with Crippen molar-refractivity contribution in [1.29, 1.82) is 0 Å². The predicted molar refractivity (Wildman–Crippen MR) is 87.9 cm³/mol. The molecule has 0 saturated carbocycles. The Morgan fingerprint density at radius 1 is 1.05 bits per heavy atom. The number of nitrogens with zero attached hydrogens (tertiary/aromatic N) is 1. The summed E-state index contributed by atoms with van der Waals surface area (Å²) < 4.78 is 47.6. The molecule has 0 N–H and O–H groups in total. The topological polar surface area (TPSA) is 71.5 Å². The molecule has 7 heteroatoms. The smallest absolute Gasteiger partial charge is 0.177 e. The molecule has 2 rings (SSSR count). The number of hydrogen-bond donors (Lipinski definition) is 0. The van der Waals surface area contributed by atoms with Crippen molar-refractivity contribution in [1.82, 2.24) is 0 Å². The van der Waals surface area contributed by atoms with Crippen LogP contribution in [0.25, 0.3) is 0 Å². The van der Waals surface area contributed by atoms with E-state index >= 15 is 0 Å². The molecule has 0 aromatic heterocycles. The standard InChI is InChI=1S/C15H23NO4S2/c1-11-7-8-16(12(2)9-11)14-6-5-13(21(3,17)18)10-15(14)22(4,19)20/h5-6,10-12H,7-9H2,1-4H3. The second kappa shape index (κ2) is 5.85. The molecule has 1 aliphatic rings. The molecule has 2 atom stereocenters. The highest BCUT2D eigenvalue weighted by atomic mass is 32.2. The van der Waals surface area contributed by atoms with Gasteiger partial charge in [-0.15, -0.1) is 0 Å². The second-order valence-corrected chi connectivity index (χ2v) is 10.3. The number of sulfone groups is 2. The highest BCUT2D eigenvalue weighted by Crippen LogP contribution is 2.33. The molecule has 124 valence electrons. The van der Waals surface area contributed by atoms with Gasteiger partial charge in [-0.25, -0.2) is 16.8 Å². The minimum atomic E-state index is -3.51. The predicted octanol–water partition coefficient (Wildman–Crippen LogP) is 2.12. The van der Waals surface area contributed by atoms with Gasteiger partial charge in [0.1, 0.15) is 0 Å². The van der Waals surface area contributed by atoms with Crippen molar-refractivity contribution in [3.8, 4) is 0 Å². The second-order valence-electron chi connectivity index (χ2n) is 6.35. The van der Waals surface area contributed by atoms with Crippen LogP contribution in [0.15, 0.2) is 28.0 Å². The first kappa shape index (κ1) is 17.3. The van der Waals surface area contributed by atoms with Crippen LogP contribution in [0.2, 0.25) is 0 Å². The van der Waals surface area contributed by atoms with Crippen molar-refractivity contribution in [3.63, 3.8) is 0 Å². The van der Waals surface area contributed by atoms with Crippen molar-refractivity contribution in [3.05, 3.63) is 18.2 Å². The molecule has 0 spiro atoms. The first-order valence-electron chi connectivity index (χ1n) is 7.31. The van der Waals surface area contributed by atoms with Gasteiger partial charge in [-0.1, -0.05) is 6.92 Å². The van der Waals surface area contributed by atoms with Crippen LogP contribution in [0.1, 0.15) is 26.7 Å². The fourth-order valence-electron chi connectivity index (χ4n) is 3.02. The van der Waals surface area contributed by atoms with E-state index in [9.17, 15) is 16.8 Å². The Bertz CT molecular complexity index is 769. The number of rotatable bonds is 3. The Hall–Kier alpha value is -1.08. The van der Waals surface area contributed by atoms with E-state index in [2.05, 4.69) is 18.7 Å². The lowest BCUT2D eigenvalue weighted by Crippen LogP contribution is -2.40. The molecular weight excluding hydrogens is 322 g/mol. The summed E-state index contributed by atoms with van der Waals surface area (Å²) in [4.78, 5) is 2.20. The molecule has 1 heterocycles. The van der Waals surface area contributed by atoms with Gasteiger partial charge in [-0.3, -0.25) is 0 Å². The van der Waals surface area contributed by atoms with E-state index in [4.69, 9.17) is 0 Å². The van der Waals surface area contributed by atoms with Crippen LogP contribution >= 0.6 is 0 Å². The van der Waals surface area contributed by atoms with Gasteiger partial charge in [0.2, 0.25) is 0 Å². The molecule has 1 aromatic carbocycles. The van der Waals surface area contributed by atoms with E-state index in [1.807, 2.05) is 0 Å². The highest BCUT2D eigenvalue weighted by Gasteiger charge is 2.28. The van der Waals surface area contributed by atoms with Crippen molar-refractivity contribution in [2.45, 2.75) is 42.5 Å². The van der Waals surface area contributed by atoms with E-state index in [1.165, 1.54) is 12.1 Å². The molecule has 0 radical (unpaired) electrons. The van der Waals surface area contributed by atoms with Crippen LogP contribution in [0.4, 0.5) is 5.69 Å². The zero-order valence-corrected chi connectivity index (χ0v) is 15.0. The fourth-order valence-corrected chi connectivity index (χ4v) is 4.65. The monoisotopic (exact) mass is 345 g/mol. The first-order chi connectivity index (χ1) is 10.00. The van der Waals surface area contributed by atoms with Crippen LogP contribution in [0, 0.1) is 5.92 Å². The van der Waals surface area contributed by atoms with Gasteiger partial charge in [-0.05, 0) is 43.9 Å². The van der Waals surface area contributed by atoms with Crippen molar-refractivity contribution >= 4 is 25.4 Å². The van der Waals surface area contributed by atoms with Crippen LogP contribution < -0.4 is 4.90 Å². The number of anilines is 1. The van der Waals surface area contributed by atoms with Crippen LogP contribution in [0.5, 0.6) is 0 Å². The molecular formula is C15H23NO4S2. The lowest BCUT2D eigenvalue weighted by molar-refractivity contribution is 0.376. The van der Waals surface area contributed by atoms with E-state index in [-0.39, 0.29) is 15.8 Å². The van der Waals surface area contributed by atoms with Crippen molar-refractivity contribution < 1.29 is 16.8 Å². The Kier molecular flexibility index (Phi) is 4.59. The van der Waals surface area contributed by atoms with Gasteiger partial charge >= 0.3 is 0 Å². The van der Waals surface area contributed by atoms with Crippen molar-refractivity contribution in [2.75, 3.05) is 24.0 Å². The average molecular weight is 345 g/mol. The van der Waals surface area contributed by atoms with E-state index < -0.39 is 19.7 Å². The lowest BCUT2D eigenvalue weighted by Gasteiger charge is -2.39. The third kappa shape index (κ3) is 3.63. The highest BCUT2D eigenvalue weighted by molar-refractivity contribution is 7.91. The molecule has 1 saturated heterocycles. The fraction of sp³-hybridized carbons (Fsp3) is 0.600. The maximum absolute atomic E-state index is 12.1. The maximum atomic E-state index is 12.1. The summed E-state index contributed by atoms with van der Waals surface area (Å²) in [7, 11) is -6.95. The molecule has 0 aliphatic carbocycles. The molecule has 1 aromatic rings. The summed E-state index contributed by atoms with van der Waals surface area (Å²) in [6, 6.07) is 4.63. The van der Waals surface area contributed by atoms with Gasteiger partial charge < -0.3 is 4.90 Å².